The van der Waals surface area contributed by atoms with E-state index in [1.165, 1.54) is 0 Å². The van der Waals surface area contributed by atoms with Gasteiger partial charge in [0, 0.05) is 25.7 Å². The first-order valence-corrected chi connectivity index (χ1v) is 8.37. The van der Waals surface area contributed by atoms with E-state index in [1.807, 2.05) is 0 Å². The molecule has 1 aliphatic heterocycles. The molecule has 1 saturated heterocycles. The van der Waals surface area contributed by atoms with E-state index >= 15 is 0 Å². The summed E-state index contributed by atoms with van der Waals surface area (Å²) < 4.78 is 4.74. The van der Waals surface area contributed by atoms with Crippen LogP contribution in [0, 0.1) is 0 Å². The highest BCUT2D eigenvalue weighted by Crippen LogP contribution is 2.14. The van der Waals surface area contributed by atoms with Gasteiger partial charge >= 0.3 is 11.9 Å². The Bertz CT molecular complexity index is 434. The summed E-state index contributed by atoms with van der Waals surface area (Å²) in [6.07, 6.45) is 5.71. The zero-order chi connectivity index (χ0) is 17.8. The molecule has 0 aromatic carbocycles. The molecule has 0 saturated carbocycles. The summed E-state index contributed by atoms with van der Waals surface area (Å²) in [6.45, 7) is -0.113. The van der Waals surface area contributed by atoms with Crippen LogP contribution in [0.25, 0.3) is 0 Å². The topological polar surface area (TPSA) is 110 Å². The molecule has 0 radical (unpaired) electrons. The molecule has 1 heterocycles. The number of rotatable bonds is 12. The Kier molecular flexibility index (Phi) is 9.67. The molecule has 1 N–H and O–H groups in total. The smallest absolute Gasteiger partial charge is 0.333 e. The second-order valence-corrected chi connectivity index (χ2v) is 5.61. The standard InChI is InChI=1S/C16H25NO7/c18-11-12-23-15(21)7-5-3-1-2-4-6-8-16(22)24-17-13(19)9-10-14(17)20/h18H,1-12H2. The third kappa shape index (κ3) is 8.05. The van der Waals surface area contributed by atoms with Gasteiger partial charge in [0.15, 0.2) is 0 Å². The molecule has 0 atom stereocenters. The van der Waals surface area contributed by atoms with E-state index in [4.69, 9.17) is 14.7 Å². The number of hydrogen-bond donors (Lipinski definition) is 1. The van der Waals surface area contributed by atoms with Gasteiger partial charge in [0.05, 0.1) is 6.61 Å². The van der Waals surface area contributed by atoms with Gasteiger partial charge in [-0.05, 0) is 12.8 Å². The predicted octanol–water partition coefficient (Wildman–Crippen LogP) is 1.25. The van der Waals surface area contributed by atoms with E-state index in [1.54, 1.807) is 0 Å². The molecular formula is C16H25NO7. The highest BCUT2D eigenvalue weighted by Gasteiger charge is 2.32. The number of hydrogen-bond acceptors (Lipinski definition) is 7. The van der Waals surface area contributed by atoms with Crippen LogP contribution < -0.4 is 0 Å². The van der Waals surface area contributed by atoms with E-state index < -0.39 is 17.8 Å². The minimum absolute atomic E-state index is 0.0452. The number of unbranched alkanes of at least 4 members (excludes halogenated alkanes) is 5. The molecule has 8 heteroatoms. The van der Waals surface area contributed by atoms with E-state index in [9.17, 15) is 19.2 Å². The van der Waals surface area contributed by atoms with Crippen LogP contribution in [-0.4, -0.2) is 47.1 Å². The monoisotopic (exact) mass is 343 g/mol. The van der Waals surface area contributed by atoms with Gasteiger partial charge in [-0.15, -0.1) is 5.06 Å². The van der Waals surface area contributed by atoms with Crippen LogP contribution >= 0.6 is 0 Å². The first-order chi connectivity index (χ1) is 11.5. The Balaban J connectivity index is 1.94. The molecule has 1 rings (SSSR count). The normalized spacial score (nSPS) is 14.1. The molecule has 1 aliphatic rings. The SMILES string of the molecule is O=C(CCCCCCCCC(=O)ON1C(=O)CCC1=O)OCCO. The number of ether oxygens (including phenoxy) is 1. The van der Waals surface area contributed by atoms with E-state index in [-0.39, 0.29) is 38.4 Å². The third-order valence-corrected chi connectivity index (χ3v) is 3.57. The minimum Gasteiger partial charge on any atom is -0.463 e. The summed E-state index contributed by atoms with van der Waals surface area (Å²) in [5.74, 6) is -1.79. The minimum atomic E-state index is -0.565. The average molecular weight is 343 g/mol. The highest BCUT2D eigenvalue weighted by atomic mass is 16.7. The number of esters is 1. The van der Waals surface area contributed by atoms with E-state index in [2.05, 4.69) is 0 Å². The third-order valence-electron chi connectivity index (χ3n) is 3.57. The summed E-state index contributed by atoms with van der Waals surface area (Å²) in [7, 11) is 0. The predicted molar refractivity (Wildman–Crippen MR) is 82.2 cm³/mol. The molecule has 0 aromatic heterocycles. The molecular weight excluding hydrogens is 318 g/mol. The lowest BCUT2D eigenvalue weighted by atomic mass is 10.1. The van der Waals surface area contributed by atoms with Gasteiger partial charge in [-0.25, -0.2) is 4.79 Å². The number of amides is 2. The van der Waals surface area contributed by atoms with Crippen molar-refractivity contribution in [2.24, 2.45) is 0 Å². The number of carbonyl (C=O) groups is 4. The maximum atomic E-state index is 11.5. The van der Waals surface area contributed by atoms with Crippen molar-refractivity contribution in [2.45, 2.75) is 64.2 Å². The van der Waals surface area contributed by atoms with Crippen molar-refractivity contribution < 1.29 is 33.9 Å². The molecule has 8 nitrogen and oxygen atoms in total. The fourth-order valence-corrected chi connectivity index (χ4v) is 2.28. The summed E-state index contributed by atoms with van der Waals surface area (Å²) in [5, 5.41) is 9.07. The molecule has 24 heavy (non-hydrogen) atoms. The van der Waals surface area contributed by atoms with Gasteiger partial charge in [-0.1, -0.05) is 25.7 Å². The van der Waals surface area contributed by atoms with Crippen molar-refractivity contribution in [1.82, 2.24) is 5.06 Å². The maximum absolute atomic E-state index is 11.5. The van der Waals surface area contributed by atoms with Crippen LogP contribution in [0.1, 0.15) is 64.2 Å². The Morgan fingerprint density at radius 2 is 1.38 bits per heavy atom. The van der Waals surface area contributed by atoms with Gasteiger partial charge < -0.3 is 14.7 Å². The van der Waals surface area contributed by atoms with Crippen molar-refractivity contribution in [1.29, 1.82) is 0 Å². The Morgan fingerprint density at radius 1 is 0.875 bits per heavy atom. The van der Waals surface area contributed by atoms with Crippen molar-refractivity contribution in [3.8, 4) is 0 Å². The van der Waals surface area contributed by atoms with Crippen molar-refractivity contribution in [3.05, 3.63) is 0 Å². The van der Waals surface area contributed by atoms with Crippen LogP contribution in [0.4, 0.5) is 0 Å². The van der Waals surface area contributed by atoms with Crippen LogP contribution in [0.15, 0.2) is 0 Å². The Hall–Kier alpha value is -1.96. The van der Waals surface area contributed by atoms with E-state index in [0.717, 1.165) is 32.1 Å². The van der Waals surface area contributed by atoms with Gasteiger partial charge in [0.2, 0.25) is 0 Å². The van der Waals surface area contributed by atoms with Crippen molar-refractivity contribution in [2.75, 3.05) is 13.2 Å². The number of nitrogens with zero attached hydrogens (tertiary/aromatic N) is 1. The lowest BCUT2D eigenvalue weighted by Gasteiger charge is -2.12. The number of aliphatic hydroxyl groups is 1. The van der Waals surface area contributed by atoms with E-state index in [0.29, 0.717) is 17.9 Å². The zero-order valence-corrected chi connectivity index (χ0v) is 13.8. The summed E-state index contributed by atoms with van der Waals surface area (Å²) in [5.41, 5.74) is 0. The molecule has 0 spiro atoms. The van der Waals surface area contributed by atoms with Gasteiger partial charge in [0.1, 0.15) is 6.61 Å². The molecule has 0 bridgehead atoms. The Morgan fingerprint density at radius 3 is 1.92 bits per heavy atom. The molecule has 2 amide bonds. The van der Waals surface area contributed by atoms with Gasteiger partial charge in [-0.3, -0.25) is 14.4 Å². The number of carbonyl (C=O) groups excluding carboxylic acids is 4. The molecule has 136 valence electrons. The van der Waals surface area contributed by atoms with Crippen LogP contribution in [0.3, 0.4) is 0 Å². The second-order valence-electron chi connectivity index (χ2n) is 5.61. The fraction of sp³-hybridized carbons (Fsp3) is 0.750. The van der Waals surface area contributed by atoms with Gasteiger partial charge in [0.25, 0.3) is 11.8 Å². The highest BCUT2D eigenvalue weighted by molar-refractivity contribution is 6.01. The average Bonchev–Trinajstić information content (AvgIpc) is 2.87. The number of imide groups is 1. The van der Waals surface area contributed by atoms with Crippen molar-refractivity contribution >= 4 is 23.8 Å². The first-order valence-electron chi connectivity index (χ1n) is 8.37. The number of aliphatic hydroxyl groups excluding tert-OH is 1. The summed E-state index contributed by atoms with van der Waals surface area (Å²) in [4.78, 5) is 50.0. The number of hydroxylamine groups is 2. The lowest BCUT2D eigenvalue weighted by molar-refractivity contribution is -0.197. The van der Waals surface area contributed by atoms with Crippen LogP contribution in [-0.2, 0) is 28.8 Å². The summed E-state index contributed by atoms with van der Waals surface area (Å²) >= 11 is 0. The lowest BCUT2D eigenvalue weighted by Crippen LogP contribution is -2.31. The van der Waals surface area contributed by atoms with Gasteiger partial charge in [-0.2, -0.15) is 0 Å². The second kappa shape index (κ2) is 11.6. The Labute approximate surface area is 141 Å². The molecule has 0 aromatic rings. The fourth-order valence-electron chi connectivity index (χ4n) is 2.28. The largest absolute Gasteiger partial charge is 0.463 e. The zero-order valence-electron chi connectivity index (χ0n) is 13.8. The molecule has 0 unspecified atom stereocenters. The maximum Gasteiger partial charge on any atom is 0.333 e. The van der Waals surface area contributed by atoms with Crippen LogP contribution in [0.5, 0.6) is 0 Å². The molecule has 0 aliphatic carbocycles. The van der Waals surface area contributed by atoms with Crippen LogP contribution in [0.2, 0.25) is 0 Å². The first kappa shape index (κ1) is 20.1. The molecule has 1 fully saturated rings. The van der Waals surface area contributed by atoms with Crippen molar-refractivity contribution in [3.63, 3.8) is 0 Å². The quantitative estimate of drug-likeness (QED) is 0.322. The summed E-state index contributed by atoms with van der Waals surface area (Å²) in [6, 6.07) is 0.